The number of carboxylic acid groups (broad SMARTS) is 1. The Morgan fingerprint density at radius 3 is 2.06 bits per heavy atom. The Bertz CT molecular complexity index is 1270. The maximum atomic E-state index is 13.1. The van der Waals surface area contributed by atoms with Gasteiger partial charge in [-0.05, 0) is 59.5 Å². The number of carbonyl (C=O) groups excluding carboxylic acids is 1. The number of hydrogen-bond donors (Lipinski definition) is 3. The predicted molar refractivity (Wildman–Crippen MR) is 131 cm³/mol. The van der Waals surface area contributed by atoms with Crippen molar-refractivity contribution in [2.45, 2.75) is 26.2 Å². The van der Waals surface area contributed by atoms with Crippen LogP contribution in [0.15, 0.2) is 54.6 Å². The molecule has 1 amide bonds. The summed E-state index contributed by atoms with van der Waals surface area (Å²) in [5.41, 5.74) is 2.71. The molecule has 3 aromatic carbocycles. The van der Waals surface area contributed by atoms with Gasteiger partial charge in [0.25, 0.3) is 5.91 Å². The van der Waals surface area contributed by atoms with E-state index >= 15 is 0 Å². The Balaban J connectivity index is 2.03. The standard InChI is InChI=1S/C25H21Cl2N3O3/c1-25(2,3)15-6-9-21(29-16-7-4-14(13-28)5-8-16)22(10-15)30-23(31)17-11-19(26)20(27)12-18(17)24(32)33/h4-12,29H,1-3H3,(H,30,31)(H,32,33). The topological polar surface area (TPSA) is 102 Å². The number of nitriles is 1. The number of benzene rings is 3. The van der Waals surface area contributed by atoms with E-state index in [4.69, 9.17) is 28.5 Å². The lowest BCUT2D eigenvalue weighted by Gasteiger charge is -2.22. The molecule has 0 spiro atoms. The van der Waals surface area contributed by atoms with E-state index < -0.39 is 11.9 Å². The van der Waals surface area contributed by atoms with Gasteiger partial charge in [-0.25, -0.2) is 4.79 Å². The number of hydrogen-bond acceptors (Lipinski definition) is 4. The third kappa shape index (κ3) is 5.64. The van der Waals surface area contributed by atoms with Crippen LogP contribution in [0, 0.1) is 11.3 Å². The maximum Gasteiger partial charge on any atom is 0.336 e. The second-order valence-electron chi connectivity index (χ2n) is 8.40. The number of carboxylic acids is 1. The first-order valence-electron chi connectivity index (χ1n) is 9.95. The van der Waals surface area contributed by atoms with Crippen LogP contribution in [0.1, 0.15) is 52.6 Å². The lowest BCUT2D eigenvalue weighted by atomic mass is 9.86. The van der Waals surface area contributed by atoms with E-state index in [1.807, 2.05) is 39.0 Å². The normalized spacial score (nSPS) is 10.9. The van der Waals surface area contributed by atoms with Crippen molar-refractivity contribution in [2.24, 2.45) is 0 Å². The summed E-state index contributed by atoms with van der Waals surface area (Å²) in [6.07, 6.45) is 0. The summed E-state index contributed by atoms with van der Waals surface area (Å²) in [5.74, 6) is -1.93. The lowest BCUT2D eigenvalue weighted by Crippen LogP contribution is -2.18. The summed E-state index contributed by atoms with van der Waals surface area (Å²) in [6.45, 7) is 6.13. The Hall–Kier alpha value is -3.53. The molecule has 0 aromatic heterocycles. The van der Waals surface area contributed by atoms with Crippen LogP contribution >= 0.6 is 23.2 Å². The van der Waals surface area contributed by atoms with Crippen molar-refractivity contribution in [1.29, 1.82) is 5.26 Å². The first-order valence-corrected chi connectivity index (χ1v) is 10.7. The summed E-state index contributed by atoms with van der Waals surface area (Å²) in [6, 6.07) is 16.9. The summed E-state index contributed by atoms with van der Waals surface area (Å²) < 4.78 is 0. The highest BCUT2D eigenvalue weighted by Crippen LogP contribution is 2.33. The minimum Gasteiger partial charge on any atom is -0.478 e. The minimum absolute atomic E-state index is 0.0449. The fourth-order valence-corrected chi connectivity index (χ4v) is 3.44. The van der Waals surface area contributed by atoms with Gasteiger partial charge in [-0.15, -0.1) is 0 Å². The number of carbonyl (C=O) groups is 2. The van der Waals surface area contributed by atoms with Crippen molar-refractivity contribution in [3.8, 4) is 6.07 Å². The number of halogens is 2. The Labute approximate surface area is 201 Å². The smallest absolute Gasteiger partial charge is 0.336 e. The molecular weight excluding hydrogens is 461 g/mol. The molecule has 3 aromatic rings. The Morgan fingerprint density at radius 2 is 1.52 bits per heavy atom. The molecule has 0 aliphatic carbocycles. The minimum atomic E-state index is -1.29. The molecule has 0 aliphatic rings. The average molecular weight is 482 g/mol. The molecule has 6 nitrogen and oxygen atoms in total. The first-order chi connectivity index (χ1) is 15.5. The van der Waals surface area contributed by atoms with Gasteiger partial charge in [-0.2, -0.15) is 5.26 Å². The zero-order valence-electron chi connectivity index (χ0n) is 18.2. The third-order valence-corrected chi connectivity index (χ3v) is 5.68. The molecule has 0 saturated heterocycles. The Kier molecular flexibility index (Phi) is 6.97. The van der Waals surface area contributed by atoms with Gasteiger partial charge >= 0.3 is 5.97 Å². The summed E-state index contributed by atoms with van der Waals surface area (Å²) in [5, 5.41) is 24.7. The van der Waals surface area contributed by atoms with Crippen LogP contribution in [0.3, 0.4) is 0 Å². The van der Waals surface area contributed by atoms with Gasteiger partial charge in [-0.1, -0.05) is 50.0 Å². The summed E-state index contributed by atoms with van der Waals surface area (Å²) in [4.78, 5) is 24.8. The molecule has 0 atom stereocenters. The molecule has 33 heavy (non-hydrogen) atoms. The van der Waals surface area contributed by atoms with E-state index in [9.17, 15) is 14.7 Å². The largest absolute Gasteiger partial charge is 0.478 e. The molecule has 8 heteroatoms. The van der Waals surface area contributed by atoms with Crippen molar-refractivity contribution in [3.05, 3.63) is 86.9 Å². The molecule has 0 aliphatic heterocycles. The van der Waals surface area contributed by atoms with Gasteiger partial charge < -0.3 is 15.7 Å². The van der Waals surface area contributed by atoms with E-state index in [-0.39, 0.29) is 26.6 Å². The highest BCUT2D eigenvalue weighted by molar-refractivity contribution is 6.42. The zero-order chi connectivity index (χ0) is 24.3. The first kappa shape index (κ1) is 24.1. The van der Waals surface area contributed by atoms with Crippen LogP contribution in [0.25, 0.3) is 0 Å². The zero-order valence-corrected chi connectivity index (χ0v) is 19.7. The van der Waals surface area contributed by atoms with Gasteiger partial charge in [0.2, 0.25) is 0 Å². The van der Waals surface area contributed by atoms with Crippen molar-refractivity contribution in [1.82, 2.24) is 0 Å². The molecular formula is C25H21Cl2N3O3. The number of anilines is 3. The van der Waals surface area contributed by atoms with E-state index in [2.05, 4.69) is 16.7 Å². The second kappa shape index (κ2) is 9.53. The molecule has 0 heterocycles. The van der Waals surface area contributed by atoms with Gasteiger partial charge in [0.15, 0.2) is 0 Å². The highest BCUT2D eigenvalue weighted by Gasteiger charge is 2.22. The van der Waals surface area contributed by atoms with Crippen molar-refractivity contribution < 1.29 is 14.7 Å². The molecule has 0 radical (unpaired) electrons. The van der Waals surface area contributed by atoms with E-state index in [1.54, 1.807) is 24.3 Å². The van der Waals surface area contributed by atoms with Crippen molar-refractivity contribution >= 4 is 52.1 Å². The second-order valence-corrected chi connectivity index (χ2v) is 9.21. The molecule has 3 rings (SSSR count). The van der Waals surface area contributed by atoms with Gasteiger partial charge in [0.05, 0.1) is 44.2 Å². The maximum absolute atomic E-state index is 13.1. The summed E-state index contributed by atoms with van der Waals surface area (Å²) >= 11 is 12.0. The van der Waals surface area contributed by atoms with E-state index in [1.165, 1.54) is 6.07 Å². The van der Waals surface area contributed by atoms with Crippen LogP contribution in [-0.4, -0.2) is 17.0 Å². The average Bonchev–Trinajstić information content (AvgIpc) is 2.76. The molecule has 0 fully saturated rings. The van der Waals surface area contributed by atoms with Crippen LogP contribution in [0.5, 0.6) is 0 Å². The lowest BCUT2D eigenvalue weighted by molar-refractivity contribution is 0.0692. The number of rotatable bonds is 5. The van der Waals surface area contributed by atoms with Gasteiger partial charge in [0, 0.05) is 5.69 Å². The molecule has 168 valence electrons. The number of nitrogens with zero attached hydrogens (tertiary/aromatic N) is 1. The molecule has 0 saturated carbocycles. The fourth-order valence-electron chi connectivity index (χ4n) is 3.11. The number of aromatic carboxylic acids is 1. The van der Waals surface area contributed by atoms with Crippen LogP contribution in [0.2, 0.25) is 10.0 Å². The SMILES string of the molecule is CC(C)(C)c1ccc(Nc2ccc(C#N)cc2)c(NC(=O)c2cc(Cl)c(Cl)cc2C(=O)O)c1. The monoisotopic (exact) mass is 481 g/mol. The quantitative estimate of drug-likeness (QED) is 0.369. The molecule has 0 bridgehead atoms. The van der Waals surface area contributed by atoms with Crippen LogP contribution in [-0.2, 0) is 5.41 Å². The fraction of sp³-hybridized carbons (Fsp3) is 0.160. The highest BCUT2D eigenvalue weighted by atomic mass is 35.5. The van der Waals surface area contributed by atoms with Crippen molar-refractivity contribution in [3.63, 3.8) is 0 Å². The van der Waals surface area contributed by atoms with E-state index in [0.717, 1.165) is 11.6 Å². The van der Waals surface area contributed by atoms with Gasteiger partial charge in [-0.3, -0.25) is 4.79 Å². The van der Waals surface area contributed by atoms with E-state index in [0.29, 0.717) is 22.6 Å². The molecule has 3 N–H and O–H groups in total. The van der Waals surface area contributed by atoms with Crippen LogP contribution < -0.4 is 10.6 Å². The number of nitrogens with one attached hydrogen (secondary N) is 2. The van der Waals surface area contributed by atoms with Crippen molar-refractivity contribution in [2.75, 3.05) is 10.6 Å². The molecule has 0 unspecified atom stereocenters. The third-order valence-electron chi connectivity index (χ3n) is 4.96. The predicted octanol–water partition coefficient (Wildman–Crippen LogP) is 6.86. The number of amides is 1. The summed E-state index contributed by atoms with van der Waals surface area (Å²) in [7, 11) is 0. The van der Waals surface area contributed by atoms with Crippen LogP contribution in [0.4, 0.5) is 17.1 Å². The Morgan fingerprint density at radius 1 is 0.909 bits per heavy atom. The van der Waals surface area contributed by atoms with Gasteiger partial charge in [0.1, 0.15) is 0 Å².